The van der Waals surface area contributed by atoms with Crippen LogP contribution in [0.25, 0.3) is 10.8 Å². The van der Waals surface area contributed by atoms with Crippen LogP contribution in [0.2, 0.25) is 0 Å². The number of carbonyl (C=O) groups is 2. The van der Waals surface area contributed by atoms with E-state index in [1.807, 2.05) is 42.6 Å². The molecule has 4 nitrogen and oxygen atoms in total. The van der Waals surface area contributed by atoms with Gasteiger partial charge in [-0.2, -0.15) is 0 Å². The van der Waals surface area contributed by atoms with E-state index in [-0.39, 0.29) is 18.7 Å². The molecule has 4 heteroatoms. The maximum Gasteiger partial charge on any atom is 0.222 e. The quantitative estimate of drug-likeness (QED) is 0.617. The van der Waals surface area contributed by atoms with Crippen molar-refractivity contribution >= 4 is 23.0 Å². The second-order valence-corrected chi connectivity index (χ2v) is 6.45. The Hall–Kier alpha value is -3.01. The second kappa shape index (κ2) is 10.9. The lowest BCUT2D eigenvalue weighted by atomic mass is 10.1. The molecule has 140 valence electrons. The Morgan fingerprint density at radius 1 is 1.04 bits per heavy atom. The fourth-order valence-electron chi connectivity index (χ4n) is 2.58. The summed E-state index contributed by atoms with van der Waals surface area (Å²) in [5.74, 6) is -0.00195. The molecule has 1 heterocycles. The van der Waals surface area contributed by atoms with Crippen LogP contribution in [0.15, 0.2) is 66.9 Å². The number of likely N-dealkylation sites (N-methyl/N-ethyl adjacent to an activating group) is 1. The van der Waals surface area contributed by atoms with Gasteiger partial charge < -0.3 is 9.69 Å². The number of benzene rings is 2. The minimum Gasteiger partial charge on any atom is -0.345 e. The number of hydrogen-bond acceptors (Lipinski definition) is 3. The lowest BCUT2D eigenvalue weighted by Crippen LogP contribution is -2.28. The molecule has 0 aliphatic rings. The van der Waals surface area contributed by atoms with Crippen molar-refractivity contribution in [3.05, 3.63) is 78.1 Å². The number of pyridine rings is 1. The number of aldehydes is 1. The number of nitrogens with zero attached hydrogens (tertiary/aromatic N) is 2. The van der Waals surface area contributed by atoms with Gasteiger partial charge >= 0.3 is 0 Å². The Balaban J connectivity index is 0.000000313. The van der Waals surface area contributed by atoms with Crippen molar-refractivity contribution in [2.75, 3.05) is 13.6 Å². The molecule has 0 atom stereocenters. The van der Waals surface area contributed by atoms with Crippen molar-refractivity contribution in [2.45, 2.75) is 26.2 Å². The molecule has 3 rings (SSSR count). The highest BCUT2D eigenvalue weighted by Crippen LogP contribution is 2.13. The smallest absolute Gasteiger partial charge is 0.222 e. The average Bonchev–Trinajstić information content (AvgIpc) is 2.71. The molecule has 0 aliphatic carbocycles. The number of rotatable bonds is 6. The third-order valence-corrected chi connectivity index (χ3v) is 4.23. The highest BCUT2D eigenvalue weighted by atomic mass is 16.2. The van der Waals surface area contributed by atoms with E-state index in [0.717, 1.165) is 22.8 Å². The van der Waals surface area contributed by atoms with E-state index >= 15 is 0 Å². The lowest BCUT2D eigenvalue weighted by Gasteiger charge is -2.16. The molecule has 3 aromatic rings. The Morgan fingerprint density at radius 3 is 2.33 bits per heavy atom. The highest BCUT2D eigenvalue weighted by Gasteiger charge is 2.08. The number of amides is 1. The van der Waals surface area contributed by atoms with Gasteiger partial charge in [-0.15, -0.1) is 0 Å². The maximum atomic E-state index is 11.7. The Morgan fingerprint density at radius 2 is 1.70 bits per heavy atom. The minimum absolute atomic E-state index is 0.00195. The first-order valence-electron chi connectivity index (χ1n) is 9.13. The summed E-state index contributed by atoms with van der Waals surface area (Å²) in [5, 5.41) is 2.28. The number of fused-ring (bicyclic) bond motifs is 1. The fraction of sp³-hybridized carbons (Fsp3) is 0.261. The predicted molar refractivity (Wildman–Crippen MR) is 110 cm³/mol. The molecule has 0 bridgehead atoms. The van der Waals surface area contributed by atoms with Crippen molar-refractivity contribution in [1.29, 1.82) is 0 Å². The van der Waals surface area contributed by atoms with Gasteiger partial charge in [-0.3, -0.25) is 9.78 Å². The van der Waals surface area contributed by atoms with Gasteiger partial charge in [0.1, 0.15) is 6.29 Å². The first-order chi connectivity index (χ1) is 13.1. The number of aryl methyl sites for hydroxylation is 1. The van der Waals surface area contributed by atoms with Gasteiger partial charge in [-0.05, 0) is 18.4 Å². The van der Waals surface area contributed by atoms with Crippen molar-refractivity contribution < 1.29 is 9.59 Å². The van der Waals surface area contributed by atoms with Crippen molar-refractivity contribution in [1.82, 2.24) is 9.88 Å². The summed E-state index contributed by atoms with van der Waals surface area (Å²) in [6.45, 7) is 2.70. The van der Waals surface area contributed by atoms with E-state index < -0.39 is 0 Å². The standard InChI is InChI=1S/C16H18N2O2.C7H8/c1-18(16(20)7-4-10-19)9-8-15-11-13-5-2-3-6-14(13)12-17-15;1-7-5-3-2-4-6-7/h2-3,5-6,10-12H,4,7-9H2,1H3;2-6H,1H3. The molecular weight excluding hydrogens is 336 g/mol. The van der Waals surface area contributed by atoms with Gasteiger partial charge in [0.15, 0.2) is 0 Å². The summed E-state index contributed by atoms with van der Waals surface area (Å²) in [4.78, 5) is 28.0. The molecule has 0 saturated carbocycles. The van der Waals surface area contributed by atoms with E-state index in [2.05, 4.69) is 36.2 Å². The zero-order chi connectivity index (χ0) is 19.5. The normalized spacial score (nSPS) is 10.0. The van der Waals surface area contributed by atoms with E-state index in [4.69, 9.17) is 0 Å². The van der Waals surface area contributed by atoms with Crippen molar-refractivity contribution in [3.8, 4) is 0 Å². The molecule has 0 aliphatic heterocycles. The third kappa shape index (κ3) is 7.02. The monoisotopic (exact) mass is 362 g/mol. The van der Waals surface area contributed by atoms with Crippen LogP contribution in [-0.4, -0.2) is 35.7 Å². The summed E-state index contributed by atoms with van der Waals surface area (Å²) in [7, 11) is 1.76. The summed E-state index contributed by atoms with van der Waals surface area (Å²) in [5.41, 5.74) is 2.29. The summed E-state index contributed by atoms with van der Waals surface area (Å²) >= 11 is 0. The minimum atomic E-state index is -0.00195. The van der Waals surface area contributed by atoms with Crippen LogP contribution in [0.3, 0.4) is 0 Å². The SMILES string of the molecule is CN(CCc1cc2ccccc2cn1)C(=O)CCC=O.Cc1ccccc1. The Bertz CT molecular complexity index is 862. The summed E-state index contributed by atoms with van der Waals surface area (Å²) in [6.07, 6.45) is 3.92. The molecule has 2 aromatic carbocycles. The first-order valence-corrected chi connectivity index (χ1v) is 9.13. The predicted octanol–water partition coefficient (Wildman–Crippen LogP) is 4.21. The molecule has 0 unspecified atom stereocenters. The van der Waals surface area contributed by atoms with Crippen LogP contribution in [0.5, 0.6) is 0 Å². The molecule has 0 spiro atoms. The maximum absolute atomic E-state index is 11.7. The van der Waals surface area contributed by atoms with Gasteiger partial charge in [0.25, 0.3) is 0 Å². The van der Waals surface area contributed by atoms with Crippen LogP contribution in [-0.2, 0) is 16.0 Å². The summed E-state index contributed by atoms with van der Waals surface area (Å²) in [6, 6.07) is 20.4. The number of aromatic nitrogens is 1. The molecule has 27 heavy (non-hydrogen) atoms. The van der Waals surface area contributed by atoms with Gasteiger partial charge in [-0.1, -0.05) is 60.2 Å². The molecule has 0 N–H and O–H groups in total. The second-order valence-electron chi connectivity index (χ2n) is 6.45. The molecule has 0 saturated heterocycles. The van der Waals surface area contributed by atoms with Gasteiger partial charge in [0.2, 0.25) is 5.91 Å². The number of carbonyl (C=O) groups excluding carboxylic acids is 2. The molecule has 0 radical (unpaired) electrons. The van der Waals surface area contributed by atoms with Gasteiger partial charge in [-0.25, -0.2) is 0 Å². The van der Waals surface area contributed by atoms with E-state index in [9.17, 15) is 9.59 Å². The Kier molecular flexibility index (Phi) is 8.17. The van der Waals surface area contributed by atoms with E-state index in [0.29, 0.717) is 13.0 Å². The zero-order valence-electron chi connectivity index (χ0n) is 16.0. The van der Waals surface area contributed by atoms with Gasteiger partial charge in [0.05, 0.1) is 0 Å². The largest absolute Gasteiger partial charge is 0.345 e. The molecule has 1 amide bonds. The fourth-order valence-corrected chi connectivity index (χ4v) is 2.58. The topological polar surface area (TPSA) is 50.3 Å². The van der Waals surface area contributed by atoms with Crippen LogP contribution < -0.4 is 0 Å². The van der Waals surface area contributed by atoms with Crippen LogP contribution >= 0.6 is 0 Å². The lowest BCUT2D eigenvalue weighted by molar-refractivity contribution is -0.130. The van der Waals surface area contributed by atoms with Crippen molar-refractivity contribution in [3.63, 3.8) is 0 Å². The number of hydrogen-bond donors (Lipinski definition) is 0. The highest BCUT2D eigenvalue weighted by molar-refractivity contribution is 5.81. The van der Waals surface area contributed by atoms with E-state index in [1.54, 1.807) is 11.9 Å². The third-order valence-electron chi connectivity index (χ3n) is 4.23. The molecule has 0 fully saturated rings. The van der Waals surface area contributed by atoms with Gasteiger partial charge in [0, 0.05) is 50.1 Å². The van der Waals surface area contributed by atoms with E-state index in [1.165, 1.54) is 5.56 Å². The molecule has 1 aromatic heterocycles. The average molecular weight is 362 g/mol. The zero-order valence-corrected chi connectivity index (χ0v) is 16.0. The van der Waals surface area contributed by atoms with Crippen LogP contribution in [0.1, 0.15) is 24.1 Å². The van der Waals surface area contributed by atoms with Crippen LogP contribution in [0, 0.1) is 6.92 Å². The molecular formula is C23H26N2O2. The summed E-state index contributed by atoms with van der Waals surface area (Å²) < 4.78 is 0. The first kappa shape index (κ1) is 20.3. The van der Waals surface area contributed by atoms with Crippen molar-refractivity contribution in [2.24, 2.45) is 0 Å². The van der Waals surface area contributed by atoms with Crippen LogP contribution in [0.4, 0.5) is 0 Å². The Labute approximate surface area is 160 Å².